The number of benzene rings is 1. The Bertz CT molecular complexity index is 352. The van der Waals surface area contributed by atoms with Gasteiger partial charge in [0.15, 0.2) is 0 Å². The van der Waals surface area contributed by atoms with Gasteiger partial charge in [0.05, 0.1) is 6.61 Å². The lowest BCUT2D eigenvalue weighted by atomic mass is 9.83. The lowest BCUT2D eigenvalue weighted by Gasteiger charge is -2.29. The van der Waals surface area contributed by atoms with Crippen LogP contribution in [0.5, 0.6) is 5.75 Å². The molecule has 0 saturated heterocycles. The molecular weight excluding hydrogens is 234 g/mol. The Morgan fingerprint density at radius 2 is 1.74 bits per heavy atom. The van der Waals surface area contributed by atoms with Gasteiger partial charge in [-0.15, -0.1) is 0 Å². The molecule has 0 radical (unpaired) electrons. The van der Waals surface area contributed by atoms with Gasteiger partial charge in [0, 0.05) is 11.7 Å². The van der Waals surface area contributed by atoms with Crippen LogP contribution in [0.3, 0.4) is 0 Å². The minimum Gasteiger partial charge on any atom is -0.494 e. The van der Waals surface area contributed by atoms with Gasteiger partial charge in [0.2, 0.25) is 0 Å². The first kappa shape index (κ1) is 14.2. The molecule has 0 aromatic heterocycles. The summed E-state index contributed by atoms with van der Waals surface area (Å²) in [5.41, 5.74) is 1.22. The quantitative estimate of drug-likeness (QED) is 0.790. The minimum atomic E-state index is 0.658. The summed E-state index contributed by atoms with van der Waals surface area (Å²) in [5.74, 6) is 1.93. The van der Waals surface area contributed by atoms with Crippen molar-refractivity contribution in [3.05, 3.63) is 24.3 Å². The molecule has 19 heavy (non-hydrogen) atoms. The van der Waals surface area contributed by atoms with Crippen molar-refractivity contribution in [2.24, 2.45) is 5.92 Å². The first-order valence-electron chi connectivity index (χ1n) is 7.81. The average molecular weight is 261 g/mol. The zero-order valence-electron chi connectivity index (χ0n) is 12.3. The number of hydrogen-bond donors (Lipinski definition) is 1. The monoisotopic (exact) mass is 261 g/mol. The summed E-state index contributed by atoms with van der Waals surface area (Å²) in [7, 11) is 0. The van der Waals surface area contributed by atoms with Gasteiger partial charge >= 0.3 is 0 Å². The van der Waals surface area contributed by atoms with E-state index in [1.807, 2.05) is 6.92 Å². The van der Waals surface area contributed by atoms with E-state index in [1.165, 1.54) is 44.2 Å². The van der Waals surface area contributed by atoms with Gasteiger partial charge in [-0.3, -0.25) is 0 Å². The Balaban J connectivity index is 1.78. The van der Waals surface area contributed by atoms with E-state index in [0.717, 1.165) is 18.3 Å². The van der Waals surface area contributed by atoms with Gasteiger partial charge < -0.3 is 10.1 Å². The molecule has 1 aromatic rings. The summed E-state index contributed by atoms with van der Waals surface area (Å²) in [4.78, 5) is 0. The molecule has 1 aliphatic rings. The zero-order valence-corrected chi connectivity index (χ0v) is 12.3. The minimum absolute atomic E-state index is 0.658. The molecule has 0 heterocycles. The van der Waals surface area contributed by atoms with Crippen molar-refractivity contribution in [2.75, 3.05) is 11.9 Å². The fourth-order valence-electron chi connectivity index (χ4n) is 3.05. The van der Waals surface area contributed by atoms with E-state index in [1.54, 1.807) is 0 Å². The number of nitrogens with one attached hydrogen (secondary N) is 1. The fraction of sp³-hybridized carbons (Fsp3) is 0.647. The molecule has 2 heteroatoms. The van der Waals surface area contributed by atoms with E-state index in [0.29, 0.717) is 6.04 Å². The van der Waals surface area contributed by atoms with Crippen LogP contribution in [0.1, 0.15) is 52.4 Å². The average Bonchev–Trinajstić information content (AvgIpc) is 2.44. The van der Waals surface area contributed by atoms with Gasteiger partial charge in [-0.05, 0) is 62.8 Å². The Hall–Kier alpha value is -1.18. The standard InChI is InChI=1S/C17H27NO/c1-3-5-14-6-8-15(9-7-14)18-16-10-12-17(13-11-16)19-4-2/h10-15,18H,3-9H2,1-2H3. The van der Waals surface area contributed by atoms with E-state index in [-0.39, 0.29) is 0 Å². The number of ether oxygens (including phenoxy) is 1. The molecule has 1 aromatic carbocycles. The fourth-order valence-corrected chi connectivity index (χ4v) is 3.05. The molecular formula is C17H27NO. The van der Waals surface area contributed by atoms with Crippen LogP contribution in [-0.2, 0) is 0 Å². The Kier molecular flexibility index (Phi) is 5.56. The maximum atomic E-state index is 5.46. The molecule has 0 bridgehead atoms. The van der Waals surface area contributed by atoms with Gasteiger partial charge in [0.1, 0.15) is 5.75 Å². The second-order valence-electron chi connectivity index (χ2n) is 5.61. The molecule has 0 amide bonds. The van der Waals surface area contributed by atoms with Crippen molar-refractivity contribution in [1.29, 1.82) is 0 Å². The maximum Gasteiger partial charge on any atom is 0.119 e. The molecule has 0 spiro atoms. The van der Waals surface area contributed by atoms with Crippen molar-refractivity contribution in [3.8, 4) is 5.75 Å². The highest BCUT2D eigenvalue weighted by Crippen LogP contribution is 2.29. The van der Waals surface area contributed by atoms with Gasteiger partial charge in [-0.2, -0.15) is 0 Å². The third kappa shape index (κ3) is 4.45. The third-order valence-corrected chi connectivity index (χ3v) is 4.08. The predicted molar refractivity (Wildman–Crippen MR) is 81.9 cm³/mol. The highest BCUT2D eigenvalue weighted by Gasteiger charge is 2.20. The van der Waals surface area contributed by atoms with Gasteiger partial charge in [-0.1, -0.05) is 19.8 Å². The van der Waals surface area contributed by atoms with E-state index >= 15 is 0 Å². The number of anilines is 1. The lowest BCUT2D eigenvalue weighted by molar-refractivity contribution is 0.319. The molecule has 2 rings (SSSR count). The predicted octanol–water partition coefficient (Wildman–Crippen LogP) is 4.86. The number of rotatable bonds is 6. The SMILES string of the molecule is CCCC1CCC(Nc2ccc(OCC)cc2)CC1. The third-order valence-electron chi connectivity index (χ3n) is 4.08. The van der Waals surface area contributed by atoms with Crippen molar-refractivity contribution in [1.82, 2.24) is 0 Å². The largest absolute Gasteiger partial charge is 0.494 e. The van der Waals surface area contributed by atoms with Crippen LogP contribution in [-0.4, -0.2) is 12.6 Å². The molecule has 106 valence electrons. The Morgan fingerprint density at radius 3 is 2.32 bits per heavy atom. The van der Waals surface area contributed by atoms with Crippen LogP contribution in [0.15, 0.2) is 24.3 Å². The van der Waals surface area contributed by atoms with E-state index in [9.17, 15) is 0 Å². The van der Waals surface area contributed by atoms with E-state index < -0.39 is 0 Å². The maximum absolute atomic E-state index is 5.46. The van der Waals surface area contributed by atoms with Crippen LogP contribution in [0, 0.1) is 5.92 Å². The van der Waals surface area contributed by atoms with Crippen molar-refractivity contribution >= 4 is 5.69 Å². The van der Waals surface area contributed by atoms with Crippen LogP contribution in [0.2, 0.25) is 0 Å². The summed E-state index contributed by atoms with van der Waals surface area (Å²) in [6, 6.07) is 9.01. The normalized spacial score (nSPS) is 23.1. The highest BCUT2D eigenvalue weighted by atomic mass is 16.5. The highest BCUT2D eigenvalue weighted by molar-refractivity contribution is 5.47. The summed E-state index contributed by atoms with van der Waals surface area (Å²) < 4.78 is 5.46. The zero-order chi connectivity index (χ0) is 13.5. The lowest BCUT2D eigenvalue weighted by Crippen LogP contribution is -2.26. The van der Waals surface area contributed by atoms with Crippen LogP contribution >= 0.6 is 0 Å². The molecule has 2 nitrogen and oxygen atoms in total. The summed E-state index contributed by atoms with van der Waals surface area (Å²) in [6.07, 6.45) is 8.16. The molecule has 1 fully saturated rings. The first-order chi connectivity index (χ1) is 9.31. The molecule has 1 N–H and O–H groups in total. The van der Waals surface area contributed by atoms with Gasteiger partial charge in [0.25, 0.3) is 0 Å². The Morgan fingerprint density at radius 1 is 1.05 bits per heavy atom. The molecule has 0 atom stereocenters. The van der Waals surface area contributed by atoms with E-state index in [4.69, 9.17) is 4.74 Å². The van der Waals surface area contributed by atoms with Gasteiger partial charge in [-0.25, -0.2) is 0 Å². The van der Waals surface area contributed by atoms with Crippen LogP contribution < -0.4 is 10.1 Å². The first-order valence-corrected chi connectivity index (χ1v) is 7.81. The molecule has 1 saturated carbocycles. The second-order valence-corrected chi connectivity index (χ2v) is 5.61. The second kappa shape index (κ2) is 7.42. The van der Waals surface area contributed by atoms with E-state index in [2.05, 4.69) is 36.5 Å². The summed E-state index contributed by atoms with van der Waals surface area (Å²) in [5, 5.41) is 3.66. The number of hydrogen-bond acceptors (Lipinski definition) is 2. The van der Waals surface area contributed by atoms with Crippen molar-refractivity contribution in [2.45, 2.75) is 58.4 Å². The molecule has 0 aliphatic heterocycles. The summed E-state index contributed by atoms with van der Waals surface area (Å²) in [6.45, 7) is 5.04. The Labute approximate surface area is 117 Å². The van der Waals surface area contributed by atoms with Crippen molar-refractivity contribution < 1.29 is 4.74 Å². The van der Waals surface area contributed by atoms with Crippen LogP contribution in [0.4, 0.5) is 5.69 Å². The van der Waals surface area contributed by atoms with Crippen molar-refractivity contribution in [3.63, 3.8) is 0 Å². The smallest absolute Gasteiger partial charge is 0.119 e. The van der Waals surface area contributed by atoms with Crippen LogP contribution in [0.25, 0.3) is 0 Å². The molecule has 0 unspecified atom stereocenters. The molecule has 1 aliphatic carbocycles. The summed E-state index contributed by atoms with van der Waals surface area (Å²) >= 11 is 0. The topological polar surface area (TPSA) is 21.3 Å².